The molecule has 1 aromatic carbocycles. The van der Waals surface area contributed by atoms with Crippen LogP contribution in [0.2, 0.25) is 0 Å². The molecule has 0 saturated carbocycles. The smallest absolute Gasteiger partial charge is 0.285 e. The monoisotopic (exact) mass is 272 g/mol. The van der Waals surface area contributed by atoms with Crippen LogP contribution in [-0.4, -0.2) is 19.2 Å². The highest BCUT2D eigenvalue weighted by atomic mass is 79.9. The summed E-state index contributed by atoms with van der Waals surface area (Å²) in [6.45, 7) is 1.65. The average molecular weight is 273 g/mol. The van der Waals surface area contributed by atoms with E-state index in [9.17, 15) is 4.39 Å². The van der Waals surface area contributed by atoms with Crippen LogP contribution < -0.4 is 5.32 Å². The minimum Gasteiger partial charge on any atom is -0.463 e. The summed E-state index contributed by atoms with van der Waals surface area (Å²) in [6.07, 6.45) is 0. The molecule has 80 valence electrons. The second-order valence-corrected chi connectivity index (χ2v) is 4.04. The summed E-state index contributed by atoms with van der Waals surface area (Å²) in [5.41, 5.74) is 0.586. The third-order valence-electron chi connectivity index (χ3n) is 2.02. The predicted molar refractivity (Wildman–Crippen MR) is 59.2 cm³/mol. The zero-order chi connectivity index (χ0) is 10.7. The maximum Gasteiger partial charge on any atom is 0.285 e. The van der Waals surface area contributed by atoms with Gasteiger partial charge in [-0.3, -0.25) is 0 Å². The molecule has 5 heteroatoms. The minimum absolute atomic E-state index is 0.232. The second-order valence-electron chi connectivity index (χ2n) is 3.12. The summed E-state index contributed by atoms with van der Waals surface area (Å²) in [5, 5.41) is 2.93. The Morgan fingerprint density at radius 2 is 2.40 bits per heavy atom. The largest absolute Gasteiger partial charge is 0.463 e. The third-order valence-corrected chi connectivity index (χ3v) is 2.52. The van der Waals surface area contributed by atoms with E-state index >= 15 is 0 Å². The van der Waals surface area contributed by atoms with E-state index in [2.05, 4.69) is 26.2 Å². The summed E-state index contributed by atoms with van der Waals surface area (Å²) in [5.74, 6) is -0.232. The summed E-state index contributed by atoms with van der Waals surface area (Å²) >= 11 is 3.29. The van der Waals surface area contributed by atoms with Gasteiger partial charge in [0.2, 0.25) is 0 Å². The number of hydrogen-bond acceptors (Lipinski definition) is 3. The first-order chi connectivity index (χ1) is 7.25. The zero-order valence-electron chi connectivity index (χ0n) is 7.96. The number of benzene rings is 1. The number of nitrogens with one attached hydrogen (secondary N) is 1. The molecule has 2 rings (SSSR count). The van der Waals surface area contributed by atoms with Gasteiger partial charge in [0.15, 0.2) is 0 Å². The number of ether oxygens (including phenoxy) is 1. The fraction of sp³-hybridized carbons (Fsp3) is 0.300. The molecular weight excluding hydrogens is 263 g/mol. The lowest BCUT2D eigenvalue weighted by atomic mass is 10.2. The van der Waals surface area contributed by atoms with Crippen LogP contribution in [0.3, 0.4) is 0 Å². The zero-order valence-corrected chi connectivity index (χ0v) is 9.55. The average Bonchev–Trinajstić information content (AvgIpc) is 2.72. The first-order valence-corrected chi connectivity index (χ1v) is 5.40. The van der Waals surface area contributed by atoms with Crippen LogP contribution in [-0.2, 0) is 11.3 Å². The molecule has 15 heavy (non-hydrogen) atoms. The van der Waals surface area contributed by atoms with Crippen LogP contribution in [0.25, 0.3) is 0 Å². The van der Waals surface area contributed by atoms with Gasteiger partial charge in [-0.05, 0) is 18.2 Å². The van der Waals surface area contributed by atoms with Crippen molar-refractivity contribution in [2.45, 2.75) is 6.54 Å². The molecule has 0 spiro atoms. The topological polar surface area (TPSA) is 33.6 Å². The maximum atomic E-state index is 13.3. The van der Waals surface area contributed by atoms with Crippen molar-refractivity contribution in [3.63, 3.8) is 0 Å². The molecule has 0 aromatic heterocycles. The summed E-state index contributed by atoms with van der Waals surface area (Å²) in [4.78, 5) is 4.05. The standard InChI is InChI=1S/C10H10BrFN2O/c11-8-1-2-9(12)7(5-8)6-14-10-13-3-4-15-10/h1-2,5H,3-4,6H2,(H,13,14). The molecule has 0 bridgehead atoms. The third kappa shape index (κ3) is 2.68. The molecule has 1 N–H and O–H groups in total. The van der Waals surface area contributed by atoms with Crippen molar-refractivity contribution in [2.24, 2.45) is 4.99 Å². The van der Waals surface area contributed by atoms with Gasteiger partial charge in [0.05, 0.1) is 6.54 Å². The SMILES string of the molecule is Fc1ccc(Br)cc1CNC1=NCCO1. The van der Waals surface area contributed by atoms with E-state index in [0.29, 0.717) is 31.3 Å². The van der Waals surface area contributed by atoms with Crippen LogP contribution in [0.5, 0.6) is 0 Å². The predicted octanol–water partition coefficient (Wildman–Crippen LogP) is 2.06. The quantitative estimate of drug-likeness (QED) is 0.894. The molecule has 0 unspecified atom stereocenters. The van der Waals surface area contributed by atoms with Crippen molar-refractivity contribution >= 4 is 22.0 Å². The van der Waals surface area contributed by atoms with Crippen LogP contribution >= 0.6 is 15.9 Å². The van der Waals surface area contributed by atoms with Gasteiger partial charge in [-0.2, -0.15) is 0 Å². The van der Waals surface area contributed by atoms with E-state index in [1.807, 2.05) is 0 Å². The molecular formula is C10H10BrFN2O. The molecule has 0 saturated heterocycles. The Labute approximate surface area is 95.5 Å². The highest BCUT2D eigenvalue weighted by Gasteiger charge is 2.08. The number of nitrogens with zero attached hydrogens (tertiary/aromatic N) is 1. The Bertz CT molecular complexity index is 395. The van der Waals surface area contributed by atoms with Gasteiger partial charge in [-0.15, -0.1) is 0 Å². The fourth-order valence-electron chi connectivity index (χ4n) is 1.29. The van der Waals surface area contributed by atoms with Crippen molar-refractivity contribution in [1.82, 2.24) is 5.32 Å². The lowest BCUT2D eigenvalue weighted by Crippen LogP contribution is -2.23. The highest BCUT2D eigenvalue weighted by molar-refractivity contribution is 9.10. The van der Waals surface area contributed by atoms with Crippen molar-refractivity contribution in [3.8, 4) is 0 Å². The normalized spacial score (nSPS) is 14.7. The van der Waals surface area contributed by atoms with Gasteiger partial charge in [-0.25, -0.2) is 9.38 Å². The first kappa shape index (κ1) is 10.4. The van der Waals surface area contributed by atoms with E-state index in [0.717, 1.165) is 4.47 Å². The van der Waals surface area contributed by atoms with E-state index in [4.69, 9.17) is 4.74 Å². The first-order valence-electron chi connectivity index (χ1n) is 4.61. The van der Waals surface area contributed by atoms with E-state index in [-0.39, 0.29) is 5.82 Å². The van der Waals surface area contributed by atoms with Gasteiger partial charge in [0, 0.05) is 16.6 Å². The molecule has 1 aliphatic heterocycles. The number of hydrogen-bond donors (Lipinski definition) is 1. The van der Waals surface area contributed by atoms with Crippen LogP contribution in [0.1, 0.15) is 5.56 Å². The van der Waals surface area contributed by atoms with Crippen molar-refractivity contribution in [3.05, 3.63) is 34.1 Å². The molecule has 0 fully saturated rings. The van der Waals surface area contributed by atoms with Crippen LogP contribution in [0.4, 0.5) is 4.39 Å². The number of amidine groups is 1. The van der Waals surface area contributed by atoms with Gasteiger partial charge in [0.25, 0.3) is 6.02 Å². The molecule has 0 radical (unpaired) electrons. The Kier molecular flexibility index (Phi) is 3.20. The van der Waals surface area contributed by atoms with Gasteiger partial charge in [-0.1, -0.05) is 15.9 Å². The van der Waals surface area contributed by atoms with E-state index in [1.165, 1.54) is 6.07 Å². The highest BCUT2D eigenvalue weighted by Crippen LogP contribution is 2.15. The summed E-state index contributed by atoms with van der Waals surface area (Å²) < 4.78 is 19.3. The Morgan fingerprint density at radius 1 is 1.53 bits per heavy atom. The Balaban J connectivity index is 2.00. The van der Waals surface area contributed by atoms with Crippen molar-refractivity contribution < 1.29 is 9.13 Å². The molecule has 1 aromatic rings. The Hall–Kier alpha value is -1.10. The molecule has 0 aliphatic carbocycles. The lowest BCUT2D eigenvalue weighted by Gasteiger charge is -2.06. The van der Waals surface area contributed by atoms with E-state index < -0.39 is 0 Å². The van der Waals surface area contributed by atoms with Gasteiger partial charge < -0.3 is 10.1 Å². The molecule has 0 amide bonds. The van der Waals surface area contributed by atoms with E-state index in [1.54, 1.807) is 12.1 Å². The van der Waals surface area contributed by atoms with Crippen LogP contribution in [0, 0.1) is 5.82 Å². The fourth-order valence-corrected chi connectivity index (χ4v) is 1.70. The van der Waals surface area contributed by atoms with Crippen LogP contribution in [0.15, 0.2) is 27.7 Å². The molecule has 3 nitrogen and oxygen atoms in total. The van der Waals surface area contributed by atoms with Crippen molar-refractivity contribution in [2.75, 3.05) is 13.2 Å². The van der Waals surface area contributed by atoms with Gasteiger partial charge >= 0.3 is 0 Å². The summed E-state index contributed by atoms with van der Waals surface area (Å²) in [7, 11) is 0. The van der Waals surface area contributed by atoms with Gasteiger partial charge in [0.1, 0.15) is 12.4 Å². The summed E-state index contributed by atoms with van der Waals surface area (Å²) in [6, 6.07) is 5.33. The lowest BCUT2D eigenvalue weighted by molar-refractivity contribution is 0.331. The molecule has 1 heterocycles. The molecule has 0 atom stereocenters. The number of rotatable bonds is 2. The minimum atomic E-state index is -0.232. The second kappa shape index (κ2) is 4.61. The Morgan fingerprint density at radius 3 is 3.13 bits per heavy atom. The van der Waals surface area contributed by atoms with Crippen molar-refractivity contribution in [1.29, 1.82) is 0 Å². The number of halogens is 2. The molecule has 1 aliphatic rings. The number of aliphatic imine (C=N–C) groups is 1. The maximum absolute atomic E-state index is 13.3.